The number of carbonyl (C=O) groups excluding carboxylic acids is 1. The van der Waals surface area contributed by atoms with Crippen LogP contribution in [-0.2, 0) is 7.05 Å². The minimum Gasteiger partial charge on any atom is -0.396 e. The second-order valence-electron chi connectivity index (χ2n) is 4.67. The Kier molecular flexibility index (Phi) is 3.78. The Morgan fingerprint density at radius 2 is 2.35 bits per heavy atom. The van der Waals surface area contributed by atoms with Crippen LogP contribution in [0.4, 0.5) is 0 Å². The van der Waals surface area contributed by atoms with Gasteiger partial charge in [0, 0.05) is 32.9 Å². The summed E-state index contributed by atoms with van der Waals surface area (Å²) in [6.45, 7) is 1.75. The van der Waals surface area contributed by atoms with Gasteiger partial charge in [0.15, 0.2) is 0 Å². The van der Waals surface area contributed by atoms with Crippen LogP contribution in [0.5, 0.6) is 0 Å². The molecule has 0 aliphatic carbocycles. The molecular formula is C12H19N3O2. The van der Waals surface area contributed by atoms with E-state index in [-0.39, 0.29) is 12.5 Å². The molecule has 1 N–H and O–H groups in total. The molecule has 1 fully saturated rings. The van der Waals surface area contributed by atoms with Gasteiger partial charge in [0.05, 0.1) is 11.8 Å². The van der Waals surface area contributed by atoms with Crippen molar-refractivity contribution < 1.29 is 9.90 Å². The Morgan fingerprint density at radius 3 is 3.00 bits per heavy atom. The highest BCUT2D eigenvalue weighted by molar-refractivity contribution is 5.93. The van der Waals surface area contributed by atoms with Crippen LogP contribution in [0.2, 0.25) is 0 Å². The predicted octanol–water partition coefficient (Wildman–Crippen LogP) is 0.655. The molecule has 0 bridgehead atoms. The molecule has 5 nitrogen and oxygen atoms in total. The van der Waals surface area contributed by atoms with Crippen molar-refractivity contribution in [2.45, 2.75) is 19.3 Å². The number of amides is 1. The van der Waals surface area contributed by atoms with Crippen molar-refractivity contribution in [3.05, 3.63) is 18.0 Å². The quantitative estimate of drug-likeness (QED) is 0.822. The van der Waals surface area contributed by atoms with Gasteiger partial charge in [-0.3, -0.25) is 9.48 Å². The van der Waals surface area contributed by atoms with Crippen LogP contribution in [0.3, 0.4) is 0 Å². The fourth-order valence-electron chi connectivity index (χ4n) is 2.27. The molecule has 1 unspecified atom stereocenters. The average molecular weight is 237 g/mol. The van der Waals surface area contributed by atoms with E-state index in [0.29, 0.717) is 11.5 Å². The van der Waals surface area contributed by atoms with Crippen LogP contribution in [0, 0.1) is 5.92 Å². The average Bonchev–Trinajstić information content (AvgIpc) is 2.64. The molecule has 1 saturated heterocycles. The number of aliphatic hydroxyl groups excluding tert-OH is 1. The number of hydrogen-bond acceptors (Lipinski definition) is 3. The SMILES string of the molecule is Cn1cc(C(=O)N2CCCC(CO)CC2)cn1. The second-order valence-corrected chi connectivity index (χ2v) is 4.67. The van der Waals surface area contributed by atoms with Gasteiger partial charge in [-0.2, -0.15) is 5.10 Å². The third-order valence-electron chi connectivity index (χ3n) is 3.34. The lowest BCUT2D eigenvalue weighted by molar-refractivity contribution is 0.0757. The summed E-state index contributed by atoms with van der Waals surface area (Å²) in [5.41, 5.74) is 0.648. The molecule has 1 aliphatic heterocycles. The summed E-state index contributed by atoms with van der Waals surface area (Å²) in [7, 11) is 1.81. The second kappa shape index (κ2) is 5.31. The van der Waals surface area contributed by atoms with Gasteiger partial charge in [-0.1, -0.05) is 0 Å². The normalized spacial score (nSPS) is 21.3. The maximum atomic E-state index is 12.2. The zero-order valence-electron chi connectivity index (χ0n) is 10.2. The third kappa shape index (κ3) is 2.85. The van der Waals surface area contributed by atoms with Crippen molar-refractivity contribution in [1.29, 1.82) is 0 Å². The van der Waals surface area contributed by atoms with Crippen LogP contribution < -0.4 is 0 Å². The highest BCUT2D eigenvalue weighted by Gasteiger charge is 2.21. The van der Waals surface area contributed by atoms with E-state index in [2.05, 4.69) is 5.10 Å². The standard InChI is InChI=1S/C12H19N3O2/c1-14-8-11(7-13-14)12(17)15-5-2-3-10(9-16)4-6-15/h7-8,10,16H,2-6,9H2,1H3. The number of aromatic nitrogens is 2. The maximum Gasteiger partial charge on any atom is 0.257 e. The summed E-state index contributed by atoms with van der Waals surface area (Å²) in [5, 5.41) is 13.2. The number of likely N-dealkylation sites (tertiary alicyclic amines) is 1. The van der Waals surface area contributed by atoms with Gasteiger partial charge in [-0.05, 0) is 25.2 Å². The number of nitrogens with zero attached hydrogens (tertiary/aromatic N) is 3. The molecule has 17 heavy (non-hydrogen) atoms. The van der Waals surface area contributed by atoms with E-state index in [1.54, 1.807) is 24.1 Å². The first kappa shape index (κ1) is 12.1. The lowest BCUT2D eigenvalue weighted by Crippen LogP contribution is -2.31. The number of aliphatic hydroxyl groups is 1. The van der Waals surface area contributed by atoms with Crippen LogP contribution in [0.15, 0.2) is 12.4 Å². The van der Waals surface area contributed by atoms with Gasteiger partial charge in [-0.15, -0.1) is 0 Å². The Labute approximate surface area is 101 Å². The fraction of sp³-hybridized carbons (Fsp3) is 0.667. The Balaban J connectivity index is 2.00. The zero-order chi connectivity index (χ0) is 12.3. The molecule has 1 aromatic heterocycles. The van der Waals surface area contributed by atoms with Crippen LogP contribution in [-0.4, -0.2) is 45.4 Å². The largest absolute Gasteiger partial charge is 0.396 e. The maximum absolute atomic E-state index is 12.2. The summed E-state index contributed by atoms with van der Waals surface area (Å²) in [4.78, 5) is 14.0. The minimum absolute atomic E-state index is 0.0525. The fourth-order valence-corrected chi connectivity index (χ4v) is 2.27. The van der Waals surface area contributed by atoms with Gasteiger partial charge in [-0.25, -0.2) is 0 Å². The smallest absolute Gasteiger partial charge is 0.257 e. The number of rotatable bonds is 2. The van der Waals surface area contributed by atoms with Crippen molar-refractivity contribution >= 4 is 5.91 Å². The van der Waals surface area contributed by atoms with E-state index in [4.69, 9.17) is 5.11 Å². The lowest BCUT2D eigenvalue weighted by Gasteiger charge is -2.19. The summed E-state index contributed by atoms with van der Waals surface area (Å²) < 4.78 is 1.64. The van der Waals surface area contributed by atoms with Crippen molar-refractivity contribution in [3.63, 3.8) is 0 Å². The Bertz CT molecular complexity index is 389. The molecule has 1 aromatic rings. The van der Waals surface area contributed by atoms with Crippen molar-refractivity contribution in [3.8, 4) is 0 Å². The summed E-state index contributed by atoms with van der Waals surface area (Å²) in [6.07, 6.45) is 6.22. The Morgan fingerprint density at radius 1 is 1.53 bits per heavy atom. The molecule has 0 spiro atoms. The molecule has 94 valence electrons. The number of aryl methyl sites for hydroxylation is 1. The summed E-state index contributed by atoms with van der Waals surface area (Å²) >= 11 is 0. The highest BCUT2D eigenvalue weighted by Crippen LogP contribution is 2.18. The first-order chi connectivity index (χ1) is 8.20. The van der Waals surface area contributed by atoms with Gasteiger partial charge in [0.1, 0.15) is 0 Å². The molecule has 1 atom stereocenters. The first-order valence-electron chi connectivity index (χ1n) is 6.09. The first-order valence-corrected chi connectivity index (χ1v) is 6.09. The van der Waals surface area contributed by atoms with Gasteiger partial charge in [0.2, 0.25) is 0 Å². The molecular weight excluding hydrogens is 218 g/mol. The molecule has 0 aromatic carbocycles. The summed E-state index contributed by atoms with van der Waals surface area (Å²) in [5.74, 6) is 0.401. The van der Waals surface area contributed by atoms with E-state index < -0.39 is 0 Å². The zero-order valence-corrected chi connectivity index (χ0v) is 10.2. The van der Waals surface area contributed by atoms with E-state index in [9.17, 15) is 4.79 Å². The predicted molar refractivity (Wildman–Crippen MR) is 63.5 cm³/mol. The topological polar surface area (TPSA) is 58.4 Å². The van der Waals surface area contributed by atoms with E-state index in [0.717, 1.165) is 32.4 Å². The third-order valence-corrected chi connectivity index (χ3v) is 3.34. The molecule has 0 radical (unpaired) electrons. The van der Waals surface area contributed by atoms with Crippen LogP contribution in [0.25, 0.3) is 0 Å². The minimum atomic E-state index is 0.0525. The summed E-state index contributed by atoms with van der Waals surface area (Å²) in [6, 6.07) is 0. The van der Waals surface area contributed by atoms with Crippen molar-refractivity contribution in [2.24, 2.45) is 13.0 Å². The Hall–Kier alpha value is -1.36. The monoisotopic (exact) mass is 237 g/mol. The van der Waals surface area contributed by atoms with E-state index in [1.165, 1.54) is 0 Å². The number of carbonyl (C=O) groups is 1. The van der Waals surface area contributed by atoms with Gasteiger partial charge < -0.3 is 10.0 Å². The molecule has 1 aliphatic rings. The molecule has 1 amide bonds. The molecule has 2 rings (SSSR count). The number of hydrogen-bond donors (Lipinski definition) is 1. The van der Waals surface area contributed by atoms with Crippen LogP contribution in [0.1, 0.15) is 29.6 Å². The van der Waals surface area contributed by atoms with Crippen molar-refractivity contribution in [1.82, 2.24) is 14.7 Å². The highest BCUT2D eigenvalue weighted by atomic mass is 16.3. The van der Waals surface area contributed by atoms with E-state index in [1.807, 2.05) is 4.90 Å². The van der Waals surface area contributed by atoms with Crippen LogP contribution >= 0.6 is 0 Å². The van der Waals surface area contributed by atoms with Crippen molar-refractivity contribution in [2.75, 3.05) is 19.7 Å². The van der Waals surface area contributed by atoms with E-state index >= 15 is 0 Å². The molecule has 0 saturated carbocycles. The molecule has 2 heterocycles. The lowest BCUT2D eigenvalue weighted by atomic mass is 10.0. The van der Waals surface area contributed by atoms with Gasteiger partial charge in [0.25, 0.3) is 5.91 Å². The molecule has 5 heteroatoms. The van der Waals surface area contributed by atoms with Gasteiger partial charge >= 0.3 is 0 Å².